The van der Waals surface area contributed by atoms with Crippen molar-refractivity contribution in [2.75, 3.05) is 0 Å². The van der Waals surface area contributed by atoms with Crippen LogP contribution in [0.25, 0.3) is 0 Å². The van der Waals surface area contributed by atoms with Gasteiger partial charge < -0.3 is 14.9 Å². The number of hydrogen-bond donors (Lipinski definition) is 0. The third-order valence-corrected chi connectivity index (χ3v) is 12.3. The molecule has 2 aliphatic carbocycles. The van der Waals surface area contributed by atoms with Crippen molar-refractivity contribution in [1.82, 2.24) is 0 Å². The van der Waals surface area contributed by atoms with Gasteiger partial charge in [-0.05, 0) is 64.2 Å². The molecule has 1 nitrogen and oxygen atoms in total. The van der Waals surface area contributed by atoms with Gasteiger partial charge in [-0.25, -0.2) is 0 Å². The van der Waals surface area contributed by atoms with Gasteiger partial charge in [0.05, 0.1) is 0 Å². The van der Waals surface area contributed by atoms with Crippen LogP contribution in [0, 0.1) is 20.8 Å². The van der Waals surface area contributed by atoms with E-state index < -0.39 is 15.7 Å². The zero-order valence-electron chi connectivity index (χ0n) is 22.3. The molecule has 2 saturated carbocycles. The molecule has 2 aromatic carbocycles. The van der Waals surface area contributed by atoms with Crippen LogP contribution in [0.2, 0.25) is 0 Å². The maximum atomic E-state index is 13.2. The van der Waals surface area contributed by atoms with E-state index in [0.717, 1.165) is 6.42 Å². The normalized spacial score (nSPS) is 20.7. The number of hydrogen-bond acceptors (Lipinski definition) is 1. The standard InChI is InChI=1S/C23H31OP2.C5H10.2CH3.Fe/c1-18(21-16-11-17-22(21)26(24)23(2,3)4)25(19-12-7-5-8-13-19)20-14-9-6-10-15-20;1-2-4-5-3-1;;;/h5-10,12-15,18,21-22H,11,16-17H2,1-4H3;1-5H2;2*1H3;/q+1;;2*-1;+2/t18-,21?,22?;;;;/m0..../s1. The van der Waals surface area contributed by atoms with E-state index in [1.165, 1.54) is 55.6 Å². The molecular formula is C30H47FeOP2+. The van der Waals surface area contributed by atoms with Crippen molar-refractivity contribution in [1.29, 1.82) is 0 Å². The van der Waals surface area contributed by atoms with Crippen molar-refractivity contribution in [2.45, 2.75) is 95.5 Å². The fourth-order valence-electron chi connectivity index (χ4n) is 5.19. The Morgan fingerprint density at radius 1 is 0.765 bits per heavy atom. The molecule has 2 aliphatic rings. The van der Waals surface area contributed by atoms with E-state index in [9.17, 15) is 4.57 Å². The Balaban J connectivity index is 0.00000121. The molecule has 0 aliphatic heterocycles. The summed E-state index contributed by atoms with van der Waals surface area (Å²) in [5.74, 6) is 0.560. The third kappa shape index (κ3) is 9.17. The largest absolute Gasteiger partial charge is 2.00 e. The van der Waals surface area contributed by atoms with Crippen LogP contribution in [-0.2, 0) is 21.6 Å². The van der Waals surface area contributed by atoms with Crippen LogP contribution in [0.4, 0.5) is 0 Å². The van der Waals surface area contributed by atoms with Crippen LogP contribution in [0.15, 0.2) is 60.7 Å². The summed E-state index contributed by atoms with van der Waals surface area (Å²) in [5, 5.41) is 2.79. The molecule has 34 heavy (non-hydrogen) atoms. The van der Waals surface area contributed by atoms with Gasteiger partial charge in [-0.1, -0.05) is 104 Å². The van der Waals surface area contributed by atoms with Gasteiger partial charge in [0, 0.05) is 5.92 Å². The SMILES string of the molecule is C1CCCC1.C[C@@H](C1CCCC1[P+](=O)C(C)(C)C)P(c1ccccc1)c1ccccc1.[CH3-].[CH3-].[Fe+2]. The van der Waals surface area contributed by atoms with E-state index in [1.807, 2.05) is 0 Å². The first kappa shape index (κ1) is 33.5. The molecule has 2 fully saturated rings. The van der Waals surface area contributed by atoms with Gasteiger partial charge in [0.2, 0.25) is 0 Å². The average molecular weight is 541 g/mol. The Labute approximate surface area is 224 Å². The van der Waals surface area contributed by atoms with Gasteiger partial charge in [0.1, 0.15) is 0 Å². The van der Waals surface area contributed by atoms with Gasteiger partial charge >= 0.3 is 24.9 Å². The van der Waals surface area contributed by atoms with E-state index >= 15 is 0 Å². The first-order valence-corrected chi connectivity index (χ1v) is 15.0. The zero-order chi connectivity index (χ0) is 22.3. The third-order valence-electron chi connectivity index (χ3n) is 6.84. The molecule has 0 bridgehead atoms. The summed E-state index contributed by atoms with van der Waals surface area (Å²) in [5.41, 5.74) is 0.918. The van der Waals surface area contributed by atoms with Gasteiger partial charge in [0.25, 0.3) is 0 Å². The van der Waals surface area contributed by atoms with Crippen molar-refractivity contribution < 1.29 is 21.6 Å². The van der Waals surface area contributed by atoms with E-state index in [1.54, 1.807) is 0 Å². The summed E-state index contributed by atoms with van der Waals surface area (Å²) in [6.45, 7) is 8.84. The Kier molecular flexibility index (Phi) is 16.0. The summed E-state index contributed by atoms with van der Waals surface area (Å²) in [6, 6.07) is 21.9. The molecule has 2 aromatic rings. The zero-order valence-corrected chi connectivity index (χ0v) is 25.2. The smallest absolute Gasteiger partial charge is 0.358 e. The topological polar surface area (TPSA) is 17.1 Å². The summed E-state index contributed by atoms with van der Waals surface area (Å²) in [6.07, 6.45) is 11.1. The van der Waals surface area contributed by atoms with Crippen LogP contribution in [0.3, 0.4) is 0 Å². The van der Waals surface area contributed by atoms with E-state index in [4.69, 9.17) is 0 Å². The maximum Gasteiger partial charge on any atom is 2.00 e. The Hall–Kier alpha value is -0.511. The van der Waals surface area contributed by atoms with Gasteiger partial charge in [-0.2, -0.15) is 0 Å². The first-order valence-electron chi connectivity index (χ1n) is 12.3. The molecule has 4 rings (SSSR count). The predicted octanol–water partition coefficient (Wildman–Crippen LogP) is 9.15. The van der Waals surface area contributed by atoms with Crippen LogP contribution in [0.5, 0.6) is 0 Å². The minimum absolute atomic E-state index is 0. The fourth-order valence-corrected chi connectivity index (χ4v) is 10.5. The van der Waals surface area contributed by atoms with E-state index in [-0.39, 0.29) is 37.1 Å². The first-order chi connectivity index (χ1) is 14.9. The van der Waals surface area contributed by atoms with Crippen LogP contribution < -0.4 is 10.6 Å². The molecule has 0 aromatic heterocycles. The molecule has 3 unspecified atom stereocenters. The summed E-state index contributed by atoms with van der Waals surface area (Å²) in [7, 11) is -1.64. The van der Waals surface area contributed by atoms with Crippen molar-refractivity contribution in [3.63, 3.8) is 0 Å². The molecular weight excluding hydrogens is 494 g/mol. The summed E-state index contributed by atoms with van der Waals surface area (Å²) in [4.78, 5) is 0. The average Bonchev–Trinajstić information content (AvgIpc) is 3.49. The summed E-state index contributed by atoms with van der Waals surface area (Å²) >= 11 is 0. The maximum absolute atomic E-state index is 13.2. The molecule has 0 saturated heterocycles. The van der Waals surface area contributed by atoms with Gasteiger partial charge in [-0.15, -0.1) is 0 Å². The van der Waals surface area contributed by atoms with Crippen LogP contribution in [-0.4, -0.2) is 16.5 Å². The molecule has 0 heterocycles. The van der Waals surface area contributed by atoms with Crippen LogP contribution >= 0.6 is 15.7 Å². The Morgan fingerprint density at radius 2 is 1.18 bits per heavy atom. The second-order valence-electron chi connectivity index (χ2n) is 10.2. The van der Waals surface area contributed by atoms with E-state index in [2.05, 4.69) is 88.4 Å². The molecule has 4 atom stereocenters. The summed E-state index contributed by atoms with van der Waals surface area (Å²) < 4.78 is 13.2. The molecule has 0 amide bonds. The van der Waals surface area contributed by atoms with E-state index in [0.29, 0.717) is 17.2 Å². The predicted molar refractivity (Wildman–Crippen MR) is 153 cm³/mol. The minimum atomic E-state index is -1.20. The minimum Gasteiger partial charge on any atom is -0.358 e. The van der Waals surface area contributed by atoms with Gasteiger partial charge in [-0.3, -0.25) is 0 Å². The van der Waals surface area contributed by atoms with Crippen molar-refractivity contribution in [3.05, 3.63) is 75.5 Å². The molecule has 0 radical (unpaired) electrons. The number of rotatable bonds is 5. The molecule has 0 N–H and O–H groups in total. The van der Waals surface area contributed by atoms with Crippen LogP contribution in [0.1, 0.15) is 79.1 Å². The fraction of sp³-hybridized carbons (Fsp3) is 0.533. The van der Waals surface area contributed by atoms with Crippen molar-refractivity contribution in [3.8, 4) is 0 Å². The van der Waals surface area contributed by atoms with Crippen molar-refractivity contribution in [2.24, 2.45) is 5.92 Å². The number of benzene rings is 2. The molecule has 4 heteroatoms. The quantitative estimate of drug-likeness (QED) is 0.210. The monoisotopic (exact) mass is 541 g/mol. The Morgan fingerprint density at radius 3 is 1.56 bits per heavy atom. The molecule has 190 valence electrons. The second kappa shape index (κ2) is 16.3. The van der Waals surface area contributed by atoms with Crippen molar-refractivity contribution >= 4 is 26.3 Å². The Bertz CT molecular complexity index is 752. The molecule has 0 spiro atoms. The second-order valence-corrected chi connectivity index (χ2v) is 15.5. The van der Waals surface area contributed by atoms with Gasteiger partial charge in [0.15, 0.2) is 10.8 Å².